The van der Waals surface area contributed by atoms with Crippen molar-refractivity contribution < 1.29 is 18.3 Å². The zero-order valence-corrected chi connectivity index (χ0v) is 10.2. The van der Waals surface area contributed by atoms with Gasteiger partial charge in [0.15, 0.2) is 18.2 Å². The van der Waals surface area contributed by atoms with Crippen molar-refractivity contribution in [1.82, 2.24) is 4.90 Å². The molecule has 100 valence electrons. The van der Waals surface area contributed by atoms with Gasteiger partial charge in [-0.15, -0.1) is 0 Å². The highest BCUT2D eigenvalue weighted by Crippen LogP contribution is 2.18. The van der Waals surface area contributed by atoms with Gasteiger partial charge in [-0.3, -0.25) is 4.79 Å². The first-order chi connectivity index (χ1) is 8.56. The summed E-state index contributed by atoms with van der Waals surface area (Å²) in [6.07, 6.45) is 0.677. The number of nitrogens with zero attached hydrogens (tertiary/aromatic N) is 1. The molecule has 0 aliphatic rings. The number of amides is 1. The molecule has 0 fully saturated rings. The Morgan fingerprint density at radius 1 is 1.44 bits per heavy atom. The van der Waals surface area contributed by atoms with E-state index in [2.05, 4.69) is 0 Å². The van der Waals surface area contributed by atoms with Crippen LogP contribution < -0.4 is 10.5 Å². The maximum absolute atomic E-state index is 13.2. The number of benzene rings is 1. The van der Waals surface area contributed by atoms with E-state index >= 15 is 0 Å². The number of rotatable bonds is 6. The van der Waals surface area contributed by atoms with Crippen LogP contribution in [0.25, 0.3) is 0 Å². The van der Waals surface area contributed by atoms with Crippen molar-refractivity contribution in [3.05, 3.63) is 29.8 Å². The summed E-state index contributed by atoms with van der Waals surface area (Å²) in [4.78, 5) is 13.0. The van der Waals surface area contributed by atoms with Crippen LogP contribution in [0.4, 0.5) is 8.78 Å². The molecule has 0 atom stereocenters. The first-order valence-electron chi connectivity index (χ1n) is 5.57. The van der Waals surface area contributed by atoms with Gasteiger partial charge in [0.1, 0.15) is 0 Å². The summed E-state index contributed by atoms with van der Waals surface area (Å²) in [5.41, 5.74) is 5.32. The SMILES string of the molecule is CN(CCCN)C(=O)COc1cccc(F)c1F. The molecule has 0 heterocycles. The second kappa shape index (κ2) is 6.90. The van der Waals surface area contributed by atoms with E-state index < -0.39 is 11.6 Å². The van der Waals surface area contributed by atoms with Crippen LogP contribution in [0.1, 0.15) is 6.42 Å². The molecule has 0 aliphatic carbocycles. The molecule has 1 aromatic carbocycles. The van der Waals surface area contributed by atoms with Gasteiger partial charge in [0.05, 0.1) is 0 Å². The van der Waals surface area contributed by atoms with E-state index in [1.807, 2.05) is 0 Å². The summed E-state index contributed by atoms with van der Waals surface area (Å²) in [6, 6.07) is 3.57. The normalized spacial score (nSPS) is 10.2. The lowest BCUT2D eigenvalue weighted by molar-refractivity contribution is -0.132. The molecule has 0 spiro atoms. The van der Waals surface area contributed by atoms with Gasteiger partial charge in [0, 0.05) is 13.6 Å². The fourth-order valence-corrected chi connectivity index (χ4v) is 1.30. The Hall–Kier alpha value is -1.69. The van der Waals surface area contributed by atoms with Crippen LogP contribution in [0.3, 0.4) is 0 Å². The van der Waals surface area contributed by atoms with Crippen molar-refractivity contribution in [2.75, 3.05) is 26.7 Å². The lowest BCUT2D eigenvalue weighted by Gasteiger charge is -2.17. The molecule has 0 radical (unpaired) electrons. The molecule has 0 unspecified atom stereocenters. The third-order valence-electron chi connectivity index (χ3n) is 2.39. The fourth-order valence-electron chi connectivity index (χ4n) is 1.30. The summed E-state index contributed by atoms with van der Waals surface area (Å²) in [5.74, 6) is -2.67. The third kappa shape index (κ3) is 3.96. The van der Waals surface area contributed by atoms with Crippen LogP contribution in [0.15, 0.2) is 18.2 Å². The van der Waals surface area contributed by atoms with E-state index in [-0.39, 0.29) is 18.3 Å². The molecule has 0 bridgehead atoms. The van der Waals surface area contributed by atoms with Crippen LogP contribution in [0, 0.1) is 11.6 Å². The van der Waals surface area contributed by atoms with Crippen molar-refractivity contribution in [3.63, 3.8) is 0 Å². The summed E-state index contributed by atoms with van der Waals surface area (Å²) in [6.45, 7) is 0.656. The van der Waals surface area contributed by atoms with Gasteiger partial charge >= 0.3 is 0 Å². The predicted molar refractivity (Wildman–Crippen MR) is 63.2 cm³/mol. The van der Waals surface area contributed by atoms with Gasteiger partial charge in [-0.1, -0.05) is 6.07 Å². The largest absolute Gasteiger partial charge is 0.481 e. The van der Waals surface area contributed by atoms with Gasteiger partial charge in [0.2, 0.25) is 5.82 Å². The Morgan fingerprint density at radius 2 is 2.17 bits per heavy atom. The van der Waals surface area contributed by atoms with E-state index in [1.54, 1.807) is 7.05 Å². The second-order valence-corrected chi connectivity index (χ2v) is 3.80. The molecule has 1 aromatic rings. The standard InChI is InChI=1S/C12H16F2N2O2/c1-16(7-3-6-15)11(17)8-18-10-5-2-4-9(13)12(10)14/h2,4-5H,3,6-8,15H2,1H3. The molecular formula is C12H16F2N2O2. The van der Waals surface area contributed by atoms with Gasteiger partial charge in [-0.05, 0) is 25.1 Å². The Bertz CT molecular complexity index is 413. The zero-order chi connectivity index (χ0) is 13.5. The maximum atomic E-state index is 13.2. The average Bonchev–Trinajstić information content (AvgIpc) is 2.37. The molecule has 0 aromatic heterocycles. The molecule has 0 aliphatic heterocycles. The second-order valence-electron chi connectivity index (χ2n) is 3.80. The van der Waals surface area contributed by atoms with Crippen LogP contribution in [-0.2, 0) is 4.79 Å². The fraction of sp³-hybridized carbons (Fsp3) is 0.417. The number of halogens is 2. The first kappa shape index (κ1) is 14.4. The first-order valence-corrected chi connectivity index (χ1v) is 5.57. The van der Waals surface area contributed by atoms with E-state index in [0.717, 1.165) is 6.07 Å². The summed E-state index contributed by atoms with van der Waals surface area (Å²) in [5, 5.41) is 0. The Labute approximate surface area is 104 Å². The number of hydrogen-bond donors (Lipinski definition) is 1. The Balaban J connectivity index is 2.49. The van der Waals surface area contributed by atoms with Gasteiger partial charge in [0.25, 0.3) is 5.91 Å². The van der Waals surface area contributed by atoms with Crippen molar-refractivity contribution >= 4 is 5.91 Å². The highest BCUT2D eigenvalue weighted by atomic mass is 19.2. The Morgan fingerprint density at radius 3 is 2.83 bits per heavy atom. The Kier molecular flexibility index (Phi) is 5.51. The highest BCUT2D eigenvalue weighted by molar-refractivity contribution is 5.77. The number of likely N-dealkylation sites (N-methyl/N-ethyl adjacent to an activating group) is 1. The van der Waals surface area contributed by atoms with E-state index in [1.165, 1.54) is 17.0 Å². The minimum absolute atomic E-state index is 0.268. The lowest BCUT2D eigenvalue weighted by Crippen LogP contribution is -2.33. The van der Waals surface area contributed by atoms with E-state index in [9.17, 15) is 13.6 Å². The summed E-state index contributed by atoms with van der Waals surface area (Å²) in [7, 11) is 1.60. The van der Waals surface area contributed by atoms with Crippen molar-refractivity contribution in [2.24, 2.45) is 5.73 Å². The smallest absolute Gasteiger partial charge is 0.260 e. The van der Waals surface area contributed by atoms with Gasteiger partial charge in [-0.2, -0.15) is 4.39 Å². The maximum Gasteiger partial charge on any atom is 0.260 e. The van der Waals surface area contributed by atoms with E-state index in [0.29, 0.717) is 19.5 Å². The van der Waals surface area contributed by atoms with Gasteiger partial charge in [-0.25, -0.2) is 4.39 Å². The number of ether oxygens (including phenoxy) is 1. The monoisotopic (exact) mass is 258 g/mol. The number of nitrogens with two attached hydrogens (primary N) is 1. The third-order valence-corrected chi connectivity index (χ3v) is 2.39. The quantitative estimate of drug-likeness (QED) is 0.832. The zero-order valence-electron chi connectivity index (χ0n) is 10.2. The van der Waals surface area contributed by atoms with Crippen molar-refractivity contribution in [2.45, 2.75) is 6.42 Å². The molecule has 1 amide bonds. The topological polar surface area (TPSA) is 55.6 Å². The number of hydrogen-bond acceptors (Lipinski definition) is 3. The molecule has 0 saturated carbocycles. The van der Waals surface area contributed by atoms with Crippen LogP contribution in [0.5, 0.6) is 5.75 Å². The van der Waals surface area contributed by atoms with Crippen molar-refractivity contribution in [3.8, 4) is 5.75 Å². The highest BCUT2D eigenvalue weighted by Gasteiger charge is 2.12. The van der Waals surface area contributed by atoms with Gasteiger partial charge < -0.3 is 15.4 Å². The predicted octanol–water partition coefficient (Wildman–Crippen LogP) is 1.15. The van der Waals surface area contributed by atoms with Crippen LogP contribution in [0.2, 0.25) is 0 Å². The number of carbonyl (C=O) groups excluding carboxylic acids is 1. The molecular weight excluding hydrogens is 242 g/mol. The average molecular weight is 258 g/mol. The number of carbonyl (C=O) groups is 1. The van der Waals surface area contributed by atoms with E-state index in [4.69, 9.17) is 10.5 Å². The van der Waals surface area contributed by atoms with Crippen LogP contribution >= 0.6 is 0 Å². The molecule has 6 heteroatoms. The molecule has 1 rings (SSSR count). The molecule has 18 heavy (non-hydrogen) atoms. The van der Waals surface area contributed by atoms with Crippen molar-refractivity contribution in [1.29, 1.82) is 0 Å². The van der Waals surface area contributed by atoms with Crippen LogP contribution in [-0.4, -0.2) is 37.6 Å². The minimum Gasteiger partial charge on any atom is -0.481 e. The summed E-state index contributed by atoms with van der Waals surface area (Å²) < 4.78 is 31.0. The molecule has 0 saturated heterocycles. The lowest BCUT2D eigenvalue weighted by atomic mass is 10.3. The summed E-state index contributed by atoms with van der Waals surface area (Å²) >= 11 is 0. The molecule has 4 nitrogen and oxygen atoms in total. The molecule has 2 N–H and O–H groups in total. The minimum atomic E-state index is -1.09.